The largest absolute Gasteiger partial charge is 0.508 e. The molecule has 2 aliphatic heterocycles. The number of nitriles is 1. The number of unbranched alkanes of at least 4 members (excludes halogenated alkanes) is 2. The predicted octanol–water partition coefficient (Wildman–Crippen LogP) is -0.721. The van der Waals surface area contributed by atoms with Gasteiger partial charge in [0.25, 0.3) is 0 Å². The van der Waals surface area contributed by atoms with Crippen molar-refractivity contribution in [2.45, 2.75) is 198 Å². The van der Waals surface area contributed by atoms with Crippen molar-refractivity contribution in [1.29, 1.82) is 5.26 Å². The third kappa shape index (κ3) is 26.2. The number of hydrogen-bond acceptors (Lipinski definition) is 18. The number of aromatic amines is 1. The van der Waals surface area contributed by atoms with E-state index >= 15 is 4.79 Å². The molecule has 17 N–H and O–H groups in total. The number of aliphatic hydroxyl groups is 1. The minimum Gasteiger partial charge on any atom is -0.508 e. The van der Waals surface area contributed by atoms with Gasteiger partial charge < -0.3 is 84.3 Å². The van der Waals surface area contributed by atoms with Gasteiger partial charge in [-0.2, -0.15) is 5.26 Å². The van der Waals surface area contributed by atoms with Gasteiger partial charge in [0.1, 0.15) is 66.2 Å². The topological polar surface area (TPSA) is 480 Å². The quantitative estimate of drug-likeness (QED) is 0.00862. The van der Waals surface area contributed by atoms with Gasteiger partial charge >= 0.3 is 0 Å². The zero-order valence-corrected chi connectivity index (χ0v) is 57.9. The van der Waals surface area contributed by atoms with Crippen molar-refractivity contribution >= 4 is 76.6 Å². The summed E-state index contributed by atoms with van der Waals surface area (Å²) in [6, 6.07) is 2.40. The molecule has 546 valence electrons. The van der Waals surface area contributed by atoms with Gasteiger partial charge in [-0.05, 0) is 118 Å². The average Bonchev–Trinajstić information content (AvgIpc) is 1.74. The third-order valence-corrected chi connectivity index (χ3v) is 16.8. The number of guanidine groups is 1. The molecule has 32 heteroatoms. The van der Waals surface area contributed by atoms with Crippen LogP contribution in [0.25, 0.3) is 0 Å². The summed E-state index contributed by atoms with van der Waals surface area (Å²) >= 11 is 0. The van der Waals surface area contributed by atoms with Gasteiger partial charge in [-0.3, -0.25) is 68.0 Å². The molecule has 4 aromatic rings. The number of primary amides is 1. The Kier molecular flexibility index (Phi) is 31.9. The first kappa shape index (κ1) is 79.4. The number of benzene rings is 2. The number of aromatic nitrogens is 3. The maximum atomic E-state index is 15.0. The molecule has 0 aliphatic carbocycles. The summed E-state index contributed by atoms with van der Waals surface area (Å²) in [5.74, 6) is -8.57. The van der Waals surface area contributed by atoms with Gasteiger partial charge in [0, 0.05) is 81.2 Å². The Balaban J connectivity index is 1.27. The van der Waals surface area contributed by atoms with E-state index in [0.29, 0.717) is 66.8 Å². The summed E-state index contributed by atoms with van der Waals surface area (Å²) < 4.78 is 0. The molecule has 2 saturated heterocycles. The standard InChI is InChI=1S/C69H97N19O13/c1-7-8-27-75-69(76-38-70)79-46-20-16-43(17-21-46)31-53(83-65(98)55(34-47-36-73-39-77-47)86-60(93)49-24-25-58(91)80-49)64(97)87-56(37-89)66(99)85-52(32-44-18-22-48(90)23-19-44)62(95)84-54(33-45-13-11-26-72-35-45)63(96)82-51(30-40(2)3)61(94)81-50(14-9-10-28-74-41(4)5)68(101)88-29-12-15-57(88)67(100)78-42(6)59(71)92/h11,13,16-23,26,35-36,39-42,49-57,74,89-90H,7-10,12,14-15,24-25,27-34,37H2,1-6H3,(H2,71,92)(H,73,77)(H,78,100)(H,80,91)(H,81,94)(H,82,96)(H,83,98)(H,84,95)(H,85,99)(H,86,93)(H,87,97)(H2,75,76,79)/t42-,49+,50+,51+,52+,53-,54-,55+,56+,57+/m1/s1. The fourth-order valence-corrected chi connectivity index (χ4v) is 11.3. The van der Waals surface area contributed by atoms with Gasteiger partial charge in [0.05, 0.1) is 12.9 Å². The molecule has 0 unspecified atom stereocenters. The molecule has 101 heavy (non-hydrogen) atoms. The van der Waals surface area contributed by atoms with Crippen LogP contribution in [-0.4, -0.2) is 194 Å². The summed E-state index contributed by atoms with van der Waals surface area (Å²) in [4.78, 5) is 171. The van der Waals surface area contributed by atoms with Crippen LogP contribution in [0.1, 0.15) is 128 Å². The Bertz CT molecular complexity index is 3500. The first-order valence-electron chi connectivity index (χ1n) is 34.2. The normalized spacial score (nSPS) is 16.7. The molecular formula is C69H97N19O13. The van der Waals surface area contributed by atoms with Gasteiger partial charge in [-0.15, -0.1) is 0 Å². The maximum absolute atomic E-state index is 15.0. The van der Waals surface area contributed by atoms with Crippen molar-refractivity contribution in [3.05, 3.63) is 108 Å². The number of H-pyrrole nitrogens is 1. The molecule has 0 radical (unpaired) electrons. The molecular weight excluding hydrogens is 1300 g/mol. The number of pyridine rings is 1. The minimum atomic E-state index is -1.83. The number of aliphatic hydroxyl groups excluding tert-OH is 1. The number of aromatic hydroxyl groups is 1. The summed E-state index contributed by atoms with van der Waals surface area (Å²) in [6.07, 6.45) is 10.7. The zero-order chi connectivity index (χ0) is 73.5. The van der Waals surface area contributed by atoms with Crippen LogP contribution in [-0.2, 0) is 78.4 Å². The highest BCUT2D eigenvalue weighted by molar-refractivity contribution is 6.00. The SMILES string of the molecule is CCCCN=C(NC#N)Nc1ccc(C[C@@H](NC(=O)[C@H](Cc2cnc[nH]2)NC(=O)[C@@H]2CCC(=O)N2)C(=O)N[C@@H](CO)C(=O)N[C@@H](Cc2ccc(O)cc2)C(=O)N[C@H](Cc2cccnc2)C(=O)N[C@@H](CC(C)C)C(=O)N[C@@H](CCCCNC(C)C)C(=O)N2CCC[C@H]2C(=O)N[C@H](C)C(N)=O)cc1. The Morgan fingerprint density at radius 3 is 1.81 bits per heavy atom. The van der Waals surface area contributed by atoms with E-state index < -0.39 is 126 Å². The Hall–Kier alpha value is -10.5. The van der Waals surface area contributed by atoms with Crippen LogP contribution in [0, 0.1) is 17.4 Å². The zero-order valence-electron chi connectivity index (χ0n) is 57.9. The Morgan fingerprint density at radius 2 is 1.27 bits per heavy atom. The molecule has 0 saturated carbocycles. The van der Waals surface area contributed by atoms with Crippen molar-refractivity contribution in [3.8, 4) is 11.9 Å². The lowest BCUT2D eigenvalue weighted by atomic mass is 9.99. The van der Waals surface area contributed by atoms with Gasteiger partial charge in [0.2, 0.25) is 70.9 Å². The molecule has 2 aliphatic rings. The number of hydrogen-bond donors (Lipinski definition) is 16. The van der Waals surface area contributed by atoms with Gasteiger partial charge in [0.15, 0.2) is 6.19 Å². The van der Waals surface area contributed by atoms with E-state index in [0.717, 1.165) is 12.8 Å². The van der Waals surface area contributed by atoms with E-state index in [1.807, 2.05) is 40.8 Å². The lowest BCUT2D eigenvalue weighted by molar-refractivity contribution is -0.142. The number of rotatable bonds is 39. The van der Waals surface area contributed by atoms with E-state index in [-0.39, 0.29) is 87.5 Å². The van der Waals surface area contributed by atoms with Gasteiger partial charge in [-0.1, -0.05) is 71.4 Å². The van der Waals surface area contributed by atoms with Crippen molar-refractivity contribution in [3.63, 3.8) is 0 Å². The molecule has 2 aromatic heterocycles. The highest BCUT2D eigenvalue weighted by Gasteiger charge is 2.41. The number of aliphatic imine (C=N–C) groups is 1. The Morgan fingerprint density at radius 1 is 0.683 bits per heavy atom. The fraction of sp³-hybridized carbons (Fsp3) is 0.522. The second kappa shape index (κ2) is 40.5. The number of nitrogens with one attached hydrogen (secondary N) is 13. The number of amides is 11. The monoisotopic (exact) mass is 1400 g/mol. The first-order chi connectivity index (χ1) is 48.3. The number of nitrogens with zero attached hydrogens (tertiary/aromatic N) is 5. The maximum Gasteiger partial charge on any atom is 0.245 e. The van der Waals surface area contributed by atoms with Crippen LogP contribution in [0.15, 0.2) is 90.6 Å². The molecule has 32 nitrogen and oxygen atoms in total. The fourth-order valence-electron chi connectivity index (χ4n) is 11.3. The number of imidazole rings is 1. The van der Waals surface area contributed by atoms with E-state index in [9.17, 15) is 63.4 Å². The lowest BCUT2D eigenvalue weighted by Crippen LogP contribution is -2.61. The molecule has 0 spiro atoms. The molecule has 10 atom stereocenters. The number of likely N-dealkylation sites (tertiary alicyclic amines) is 1. The van der Waals surface area contributed by atoms with Crippen molar-refractivity contribution in [2.24, 2.45) is 16.6 Å². The second-order valence-corrected chi connectivity index (χ2v) is 25.9. The molecule has 0 bridgehead atoms. The van der Waals surface area contributed by atoms with E-state index in [2.05, 4.69) is 83.7 Å². The Labute approximate surface area is 586 Å². The molecule has 2 aromatic carbocycles. The van der Waals surface area contributed by atoms with E-state index in [1.54, 1.807) is 36.4 Å². The van der Waals surface area contributed by atoms with E-state index in [4.69, 9.17) is 5.73 Å². The number of anilines is 1. The highest BCUT2D eigenvalue weighted by atomic mass is 16.3. The van der Waals surface area contributed by atoms with Crippen molar-refractivity contribution in [2.75, 3.05) is 31.6 Å². The van der Waals surface area contributed by atoms with Crippen LogP contribution < -0.4 is 69.5 Å². The van der Waals surface area contributed by atoms with Crippen LogP contribution in [0.5, 0.6) is 5.75 Å². The summed E-state index contributed by atoms with van der Waals surface area (Å²) in [5, 5.41) is 63.5. The summed E-state index contributed by atoms with van der Waals surface area (Å²) in [7, 11) is 0. The van der Waals surface area contributed by atoms with Crippen molar-refractivity contribution in [1.82, 2.24) is 78.3 Å². The lowest BCUT2D eigenvalue weighted by Gasteiger charge is -2.31. The predicted molar refractivity (Wildman–Crippen MR) is 372 cm³/mol. The first-order valence-corrected chi connectivity index (χ1v) is 34.2. The molecule has 4 heterocycles. The third-order valence-electron chi connectivity index (χ3n) is 16.8. The van der Waals surface area contributed by atoms with Crippen LogP contribution in [0.4, 0.5) is 5.69 Å². The minimum absolute atomic E-state index is 0.0493. The number of nitrogens with two attached hydrogens (primary N) is 1. The summed E-state index contributed by atoms with van der Waals surface area (Å²) in [5.41, 5.74) is 7.67. The number of carbonyl (C=O) groups is 11. The highest BCUT2D eigenvalue weighted by Crippen LogP contribution is 2.22. The molecule has 2 fully saturated rings. The van der Waals surface area contributed by atoms with Gasteiger partial charge in [-0.25, -0.2) is 4.98 Å². The molecule has 11 amide bonds. The van der Waals surface area contributed by atoms with Crippen LogP contribution in [0.2, 0.25) is 0 Å². The smallest absolute Gasteiger partial charge is 0.245 e. The van der Waals surface area contributed by atoms with Crippen LogP contribution >= 0.6 is 0 Å². The molecule has 6 rings (SSSR count). The average molecular weight is 1400 g/mol. The second-order valence-electron chi connectivity index (χ2n) is 25.9. The van der Waals surface area contributed by atoms with E-state index in [1.165, 1.54) is 61.0 Å². The number of phenolic OH excluding ortho intramolecular Hbond substituents is 1. The summed E-state index contributed by atoms with van der Waals surface area (Å²) in [6.45, 7) is 11.2. The van der Waals surface area contributed by atoms with Crippen LogP contribution in [0.3, 0.4) is 0 Å². The number of phenols is 1. The number of carbonyl (C=O) groups excluding carboxylic acids is 11. The van der Waals surface area contributed by atoms with Crippen molar-refractivity contribution < 1.29 is 63.0 Å².